The third kappa shape index (κ3) is 6.81. The zero-order valence-electron chi connectivity index (χ0n) is 22.1. The number of halogens is 3. The molecule has 1 aliphatic carbocycles. The van der Waals surface area contributed by atoms with Crippen molar-refractivity contribution < 1.29 is 27.8 Å². The number of aromatic hydroxyl groups is 1. The molecule has 0 aromatic heterocycles. The molecule has 1 atom stereocenters. The average molecular weight is 554 g/mol. The molecule has 40 heavy (non-hydrogen) atoms. The molecule has 1 N–H and O–H groups in total. The van der Waals surface area contributed by atoms with Crippen LogP contribution in [0, 0.1) is 6.92 Å². The number of hydrogen-bond donors (Lipinski definition) is 1. The number of ether oxygens (including phenoxy) is 2. The van der Waals surface area contributed by atoms with E-state index in [0.717, 1.165) is 90.0 Å². The van der Waals surface area contributed by atoms with Gasteiger partial charge >= 0.3 is 6.61 Å². The largest absolute Gasteiger partial charge is 0.508 e. The molecule has 1 aliphatic heterocycles. The summed E-state index contributed by atoms with van der Waals surface area (Å²) in [5, 5.41) is 10.2. The number of nitrogens with zero attached hydrogens (tertiary/aromatic N) is 1. The molecular weight excluding hydrogens is 515 g/mol. The molecule has 0 radical (unpaired) electrons. The number of phenolic OH excluding ortho intramolecular Hbond substituents is 1. The Labute approximate surface area is 235 Å². The minimum atomic E-state index is -2.87. The van der Waals surface area contributed by atoms with E-state index in [1.165, 1.54) is 0 Å². The van der Waals surface area contributed by atoms with E-state index < -0.39 is 6.61 Å². The molecule has 7 heteroatoms. The van der Waals surface area contributed by atoms with E-state index in [2.05, 4.69) is 21.8 Å². The fraction of sp³-hybridized carbons (Fsp3) is 0.394. The van der Waals surface area contributed by atoms with Crippen LogP contribution < -0.4 is 9.47 Å². The summed E-state index contributed by atoms with van der Waals surface area (Å²) in [6.07, 6.45) is 4.08. The lowest BCUT2D eigenvalue weighted by atomic mass is 9.86. The number of rotatable bonds is 9. The van der Waals surface area contributed by atoms with Gasteiger partial charge in [0, 0.05) is 19.6 Å². The molecule has 3 aromatic rings. The van der Waals surface area contributed by atoms with E-state index in [9.17, 15) is 18.3 Å². The Hall–Kier alpha value is -3.45. The van der Waals surface area contributed by atoms with Gasteiger partial charge in [0.2, 0.25) is 0 Å². The maximum Gasteiger partial charge on any atom is 0.387 e. The van der Waals surface area contributed by atoms with E-state index >= 15 is 0 Å². The van der Waals surface area contributed by atoms with Gasteiger partial charge in [-0.2, -0.15) is 8.78 Å². The highest BCUT2D eigenvalue weighted by molar-refractivity contribution is 6.00. The van der Waals surface area contributed by atoms with Crippen molar-refractivity contribution in [1.29, 1.82) is 0 Å². The second-order valence-corrected chi connectivity index (χ2v) is 10.3. The summed E-state index contributed by atoms with van der Waals surface area (Å²) in [7, 11) is 0. The van der Waals surface area contributed by atoms with Crippen LogP contribution in [0.4, 0.5) is 13.2 Å². The zero-order valence-corrected chi connectivity index (χ0v) is 22.1. The van der Waals surface area contributed by atoms with Gasteiger partial charge in [0.25, 0.3) is 0 Å². The molecule has 1 heterocycles. The van der Waals surface area contributed by atoms with Crippen molar-refractivity contribution in [2.75, 3.05) is 26.3 Å². The maximum atomic E-state index is 12.8. The van der Waals surface area contributed by atoms with Crippen LogP contribution in [0.2, 0.25) is 0 Å². The quantitative estimate of drug-likeness (QED) is 0.291. The average Bonchev–Trinajstić information content (AvgIpc) is 3.27. The number of benzene rings is 3. The smallest absolute Gasteiger partial charge is 0.387 e. The van der Waals surface area contributed by atoms with E-state index in [0.29, 0.717) is 6.42 Å². The van der Waals surface area contributed by atoms with Gasteiger partial charge in [-0.25, -0.2) is 0 Å². The monoisotopic (exact) mass is 553 g/mol. The highest BCUT2D eigenvalue weighted by Gasteiger charge is 2.25. The second-order valence-electron chi connectivity index (χ2n) is 10.3. The predicted octanol–water partition coefficient (Wildman–Crippen LogP) is 8.05. The Morgan fingerprint density at radius 2 is 1.73 bits per heavy atom. The summed E-state index contributed by atoms with van der Waals surface area (Å²) in [5.41, 5.74) is 7.21. The highest BCUT2D eigenvalue weighted by atomic mass is 19.3. The minimum absolute atomic E-state index is 0. The lowest BCUT2D eigenvalue weighted by Gasteiger charge is -2.20. The summed E-state index contributed by atoms with van der Waals surface area (Å²) >= 11 is 0. The third-order valence-corrected chi connectivity index (χ3v) is 7.56. The Bertz CT molecular complexity index is 1320. The second kappa shape index (κ2) is 13.3. The number of alkyl halides is 3. The van der Waals surface area contributed by atoms with Crippen LogP contribution in [-0.2, 0) is 6.42 Å². The molecule has 5 rings (SSSR count). The van der Waals surface area contributed by atoms with Crippen LogP contribution in [0.5, 0.6) is 17.2 Å². The molecule has 0 bridgehead atoms. The van der Waals surface area contributed by atoms with Gasteiger partial charge in [-0.3, -0.25) is 9.29 Å². The summed E-state index contributed by atoms with van der Waals surface area (Å²) in [6.45, 7) is 1.23. The first-order chi connectivity index (χ1) is 18.9. The summed E-state index contributed by atoms with van der Waals surface area (Å²) in [4.78, 5) is 2.24. The third-order valence-electron chi connectivity index (χ3n) is 7.56. The van der Waals surface area contributed by atoms with Crippen molar-refractivity contribution in [3.05, 3.63) is 88.5 Å². The van der Waals surface area contributed by atoms with Gasteiger partial charge < -0.3 is 14.6 Å². The normalized spacial score (nSPS) is 17.4. The van der Waals surface area contributed by atoms with Crippen molar-refractivity contribution in [3.63, 3.8) is 0 Å². The van der Waals surface area contributed by atoms with E-state index in [4.69, 9.17) is 4.74 Å². The van der Waals surface area contributed by atoms with E-state index in [1.807, 2.05) is 37.3 Å². The van der Waals surface area contributed by atoms with E-state index in [1.54, 1.807) is 18.2 Å². The lowest BCUT2D eigenvalue weighted by molar-refractivity contribution is -0.0498. The Kier molecular flexibility index (Phi) is 9.80. The molecule has 0 saturated carbocycles. The van der Waals surface area contributed by atoms with Crippen LogP contribution >= 0.6 is 0 Å². The molecule has 2 aliphatic rings. The van der Waals surface area contributed by atoms with Crippen molar-refractivity contribution >= 4 is 11.1 Å². The maximum absolute atomic E-state index is 12.8. The fourth-order valence-corrected chi connectivity index (χ4v) is 5.80. The molecule has 3 aromatic carbocycles. The number of fused-ring (bicyclic) bond motifs is 1. The Morgan fingerprint density at radius 3 is 2.45 bits per heavy atom. The highest BCUT2D eigenvalue weighted by Crippen LogP contribution is 2.42. The number of hydrogen-bond acceptors (Lipinski definition) is 4. The molecule has 0 amide bonds. The Balaban J connectivity index is 0.00000370. The topological polar surface area (TPSA) is 41.9 Å². The number of aryl methyl sites for hydroxylation is 2. The van der Waals surface area contributed by atoms with Crippen molar-refractivity contribution in [2.24, 2.45) is 0 Å². The number of likely N-dealkylation sites (tertiary alicyclic amines) is 1. The van der Waals surface area contributed by atoms with Crippen molar-refractivity contribution in [3.8, 4) is 17.2 Å². The van der Waals surface area contributed by atoms with Crippen molar-refractivity contribution in [2.45, 2.75) is 59.2 Å². The first-order valence-corrected chi connectivity index (χ1v) is 13.6. The van der Waals surface area contributed by atoms with Gasteiger partial charge in [-0.15, -0.1) is 0 Å². The van der Waals surface area contributed by atoms with E-state index in [-0.39, 0.29) is 31.7 Å². The standard InChI is InChI=1S/C32H34F3NO3.CH4/c1-21-18-26(39-32(34)35)11-13-28(21)30-5-2-4-23-19-24(37)8-12-29(23)31(30)22-6-9-25(10-7-22)38-27-14-17-36(20-27)16-3-15-33;/h6-13,18-19,27,32,37H,2-5,14-17,20H2,1H3;1H4/t27-;/m0./s1. The first-order valence-electron chi connectivity index (χ1n) is 13.6. The van der Waals surface area contributed by atoms with Gasteiger partial charge in [0.05, 0.1) is 6.67 Å². The van der Waals surface area contributed by atoms with Crippen LogP contribution in [-0.4, -0.2) is 49.0 Å². The summed E-state index contributed by atoms with van der Waals surface area (Å²) < 4.78 is 49.0. The number of phenols is 1. The minimum Gasteiger partial charge on any atom is -0.508 e. The lowest BCUT2D eigenvalue weighted by Crippen LogP contribution is -2.26. The zero-order chi connectivity index (χ0) is 27.4. The molecule has 214 valence electrons. The van der Waals surface area contributed by atoms with Crippen LogP contribution in [0.1, 0.15) is 60.9 Å². The van der Waals surface area contributed by atoms with Gasteiger partial charge in [-0.1, -0.05) is 31.7 Å². The number of allylic oxidation sites excluding steroid dienone is 1. The van der Waals surface area contributed by atoms with Crippen LogP contribution in [0.25, 0.3) is 11.1 Å². The molecule has 1 fully saturated rings. The summed E-state index contributed by atoms with van der Waals surface area (Å²) in [5.74, 6) is 1.17. The summed E-state index contributed by atoms with van der Waals surface area (Å²) in [6, 6.07) is 18.7. The fourth-order valence-electron chi connectivity index (χ4n) is 5.80. The van der Waals surface area contributed by atoms with Gasteiger partial charge in [-0.05, 0) is 114 Å². The first kappa shape index (κ1) is 29.5. The molecule has 1 saturated heterocycles. The predicted molar refractivity (Wildman–Crippen MR) is 154 cm³/mol. The van der Waals surface area contributed by atoms with Crippen LogP contribution in [0.3, 0.4) is 0 Å². The molecular formula is C33H38F3NO3. The van der Waals surface area contributed by atoms with Crippen molar-refractivity contribution in [1.82, 2.24) is 4.90 Å². The van der Waals surface area contributed by atoms with Gasteiger partial charge in [0.1, 0.15) is 23.4 Å². The molecule has 0 spiro atoms. The van der Waals surface area contributed by atoms with Gasteiger partial charge in [0.15, 0.2) is 0 Å². The molecule has 4 nitrogen and oxygen atoms in total. The van der Waals surface area contributed by atoms with Crippen LogP contribution in [0.15, 0.2) is 60.7 Å². The Morgan fingerprint density at radius 1 is 0.975 bits per heavy atom. The molecule has 0 unspecified atom stereocenters. The SMILES string of the molecule is C.Cc1cc(OC(F)F)ccc1C1=C(c2ccc(O[C@H]3CCN(CCCF)C3)cc2)c2ccc(O)cc2CCC1.